The lowest BCUT2D eigenvalue weighted by atomic mass is 9.90. The Balaban J connectivity index is 1.70. The summed E-state index contributed by atoms with van der Waals surface area (Å²) in [5.41, 5.74) is 1.42. The van der Waals surface area contributed by atoms with E-state index in [1.807, 2.05) is 0 Å². The first-order valence-electron chi connectivity index (χ1n) is 7.31. The molecule has 0 aliphatic heterocycles. The van der Waals surface area contributed by atoms with Crippen LogP contribution in [0.3, 0.4) is 0 Å². The number of fused-ring (bicyclic) bond motifs is 1. The lowest BCUT2D eigenvalue weighted by molar-refractivity contribution is -0.125. The zero-order valence-electron chi connectivity index (χ0n) is 13.0. The Bertz CT molecular complexity index is 678. The van der Waals surface area contributed by atoms with Crippen molar-refractivity contribution in [3.8, 4) is 10.8 Å². The molecule has 0 N–H and O–H groups in total. The minimum atomic E-state index is 0.0327. The topological polar surface area (TPSA) is 59.2 Å². The molecule has 22 heavy (non-hydrogen) atoms. The molecule has 0 saturated heterocycles. The van der Waals surface area contributed by atoms with E-state index in [1.165, 1.54) is 28.6 Å². The number of rotatable bonds is 4. The Labute approximate surface area is 138 Å². The van der Waals surface area contributed by atoms with Crippen molar-refractivity contribution in [3.63, 3.8) is 0 Å². The van der Waals surface area contributed by atoms with Gasteiger partial charge in [-0.15, -0.1) is 21.5 Å². The number of aromatic nitrogens is 2. The van der Waals surface area contributed by atoms with Crippen molar-refractivity contribution in [3.05, 3.63) is 16.5 Å². The second kappa shape index (κ2) is 6.42. The molecule has 7 heteroatoms. The van der Waals surface area contributed by atoms with Crippen LogP contribution in [0.1, 0.15) is 23.8 Å². The van der Waals surface area contributed by atoms with Gasteiger partial charge in [-0.3, -0.25) is 4.79 Å². The Hall–Kier alpha value is -1.34. The van der Waals surface area contributed by atoms with Gasteiger partial charge in [-0.25, -0.2) is 0 Å². The fourth-order valence-corrected chi connectivity index (χ4v) is 4.30. The number of nitrogens with zero attached hydrogens (tertiary/aromatic N) is 3. The minimum Gasteiger partial charge on any atom is -0.410 e. The van der Waals surface area contributed by atoms with Crippen LogP contribution in [-0.2, 0) is 17.6 Å². The highest BCUT2D eigenvalue weighted by Gasteiger charge is 2.21. The molecular formula is C15H19N3O2S2. The second-order valence-electron chi connectivity index (χ2n) is 5.86. The van der Waals surface area contributed by atoms with Crippen LogP contribution >= 0.6 is 23.1 Å². The van der Waals surface area contributed by atoms with E-state index in [1.54, 1.807) is 30.3 Å². The van der Waals surface area contributed by atoms with Crippen LogP contribution in [0.25, 0.3) is 10.8 Å². The quantitative estimate of drug-likeness (QED) is 0.802. The van der Waals surface area contributed by atoms with Crippen molar-refractivity contribution in [1.82, 2.24) is 15.1 Å². The zero-order chi connectivity index (χ0) is 15.7. The van der Waals surface area contributed by atoms with Gasteiger partial charge >= 0.3 is 0 Å². The van der Waals surface area contributed by atoms with Gasteiger partial charge in [0.05, 0.1) is 10.6 Å². The third-order valence-corrected chi connectivity index (χ3v) is 5.79. The highest BCUT2D eigenvalue weighted by atomic mass is 32.2. The molecule has 0 unspecified atom stereocenters. The van der Waals surface area contributed by atoms with E-state index in [0.29, 0.717) is 16.9 Å². The highest BCUT2D eigenvalue weighted by Crippen LogP contribution is 2.37. The van der Waals surface area contributed by atoms with Gasteiger partial charge in [0, 0.05) is 19.0 Å². The first-order valence-corrected chi connectivity index (χ1v) is 9.11. The molecule has 0 saturated carbocycles. The zero-order valence-corrected chi connectivity index (χ0v) is 14.6. The number of thiophene rings is 1. The Morgan fingerprint density at radius 2 is 2.32 bits per heavy atom. The monoisotopic (exact) mass is 337 g/mol. The van der Waals surface area contributed by atoms with Crippen molar-refractivity contribution in [2.24, 2.45) is 5.92 Å². The first-order chi connectivity index (χ1) is 10.5. The molecule has 1 atom stereocenters. The summed E-state index contributed by atoms with van der Waals surface area (Å²) < 4.78 is 5.68. The molecule has 1 aliphatic rings. The number of thioether (sulfide) groups is 1. The highest BCUT2D eigenvalue weighted by molar-refractivity contribution is 7.99. The summed E-state index contributed by atoms with van der Waals surface area (Å²) in [5.74, 6) is 1.66. The molecule has 2 aromatic heterocycles. The summed E-state index contributed by atoms with van der Waals surface area (Å²) >= 11 is 3.03. The molecule has 5 nitrogen and oxygen atoms in total. The van der Waals surface area contributed by atoms with Gasteiger partial charge < -0.3 is 9.32 Å². The number of hydrogen-bond donors (Lipinski definition) is 0. The van der Waals surface area contributed by atoms with Crippen molar-refractivity contribution in [1.29, 1.82) is 0 Å². The van der Waals surface area contributed by atoms with Crippen LogP contribution in [0.4, 0.5) is 0 Å². The maximum Gasteiger partial charge on any atom is 0.277 e. The van der Waals surface area contributed by atoms with Crippen LogP contribution in [0.15, 0.2) is 15.7 Å². The van der Waals surface area contributed by atoms with Crippen molar-refractivity contribution in [2.45, 2.75) is 31.4 Å². The van der Waals surface area contributed by atoms with Crippen LogP contribution in [0.5, 0.6) is 0 Å². The summed E-state index contributed by atoms with van der Waals surface area (Å²) in [7, 11) is 3.47. The molecule has 0 bridgehead atoms. The number of aryl methyl sites for hydroxylation is 1. The standard InChI is InChI=1S/C15H19N3O2S2/c1-9-4-5-11-10(6-9)7-12(22-11)14-16-17-15(20-14)21-8-13(19)18(2)3/h7,9H,4-6,8H2,1-3H3/t9-/m1/s1. The number of hydrogen-bond acceptors (Lipinski definition) is 6. The predicted octanol–water partition coefficient (Wildman–Crippen LogP) is 3.10. The smallest absolute Gasteiger partial charge is 0.277 e. The van der Waals surface area contributed by atoms with Crippen LogP contribution in [-0.4, -0.2) is 40.9 Å². The largest absolute Gasteiger partial charge is 0.410 e. The summed E-state index contributed by atoms with van der Waals surface area (Å²) in [4.78, 5) is 15.6. The van der Waals surface area contributed by atoms with E-state index in [0.717, 1.165) is 23.6 Å². The SMILES string of the molecule is C[C@@H]1CCc2sc(-c3nnc(SCC(=O)N(C)C)o3)cc2C1. The molecule has 3 rings (SSSR count). The molecule has 0 fully saturated rings. The van der Waals surface area contributed by atoms with Gasteiger partial charge in [0.25, 0.3) is 11.1 Å². The van der Waals surface area contributed by atoms with Gasteiger partial charge in [-0.2, -0.15) is 0 Å². The number of amides is 1. The van der Waals surface area contributed by atoms with Crippen LogP contribution < -0.4 is 0 Å². The summed E-state index contributed by atoms with van der Waals surface area (Å²) in [6.07, 6.45) is 3.54. The summed E-state index contributed by atoms with van der Waals surface area (Å²) in [5, 5.41) is 8.60. The maximum atomic E-state index is 11.6. The fraction of sp³-hybridized carbons (Fsp3) is 0.533. The third-order valence-electron chi connectivity index (χ3n) is 3.76. The van der Waals surface area contributed by atoms with E-state index in [9.17, 15) is 4.79 Å². The first kappa shape index (κ1) is 15.6. The average molecular weight is 337 g/mol. The van der Waals surface area contributed by atoms with Gasteiger partial charge in [-0.05, 0) is 36.8 Å². The van der Waals surface area contributed by atoms with E-state index >= 15 is 0 Å². The summed E-state index contributed by atoms with van der Waals surface area (Å²) in [6.45, 7) is 2.30. The van der Waals surface area contributed by atoms with Crippen LogP contribution in [0, 0.1) is 5.92 Å². The van der Waals surface area contributed by atoms with Gasteiger partial charge in [-0.1, -0.05) is 18.7 Å². The Morgan fingerprint density at radius 3 is 3.09 bits per heavy atom. The molecule has 0 radical (unpaired) electrons. The van der Waals surface area contributed by atoms with Crippen molar-refractivity contribution in [2.75, 3.05) is 19.8 Å². The van der Waals surface area contributed by atoms with Gasteiger partial charge in [0.2, 0.25) is 5.91 Å². The maximum absolute atomic E-state index is 11.6. The molecular weight excluding hydrogens is 318 g/mol. The molecule has 0 spiro atoms. The Kier molecular flexibility index (Phi) is 4.54. The van der Waals surface area contributed by atoms with E-state index in [2.05, 4.69) is 23.2 Å². The van der Waals surface area contributed by atoms with E-state index < -0.39 is 0 Å². The number of carbonyl (C=O) groups is 1. The molecule has 2 aromatic rings. The Morgan fingerprint density at radius 1 is 1.50 bits per heavy atom. The average Bonchev–Trinajstić information content (AvgIpc) is 3.10. The normalized spacial score (nSPS) is 17.3. The molecule has 0 aromatic carbocycles. The van der Waals surface area contributed by atoms with Crippen molar-refractivity contribution >= 4 is 29.0 Å². The van der Waals surface area contributed by atoms with Gasteiger partial charge in [0.1, 0.15) is 0 Å². The lowest BCUT2D eigenvalue weighted by Crippen LogP contribution is -2.23. The summed E-state index contributed by atoms with van der Waals surface area (Å²) in [6, 6.07) is 2.18. The molecule has 1 amide bonds. The molecule has 1 aliphatic carbocycles. The number of carbonyl (C=O) groups excluding carboxylic acids is 1. The van der Waals surface area contributed by atoms with E-state index in [-0.39, 0.29) is 5.91 Å². The lowest BCUT2D eigenvalue weighted by Gasteiger charge is -2.16. The minimum absolute atomic E-state index is 0.0327. The van der Waals surface area contributed by atoms with Crippen molar-refractivity contribution < 1.29 is 9.21 Å². The predicted molar refractivity (Wildman–Crippen MR) is 88.2 cm³/mol. The van der Waals surface area contributed by atoms with E-state index in [4.69, 9.17) is 4.42 Å². The second-order valence-corrected chi connectivity index (χ2v) is 7.92. The third kappa shape index (κ3) is 3.35. The van der Waals surface area contributed by atoms with Crippen LogP contribution in [0.2, 0.25) is 0 Å². The van der Waals surface area contributed by atoms with Gasteiger partial charge in [0.15, 0.2) is 0 Å². The fourth-order valence-electron chi connectivity index (χ4n) is 2.43. The molecule has 2 heterocycles. The molecule has 118 valence electrons.